The molecule has 0 saturated heterocycles. The number of hydrogen-bond acceptors (Lipinski definition) is 4. The fraction of sp³-hybridized carbons (Fsp3) is 0.471. The number of ether oxygens (including phenoxy) is 1. The van der Waals surface area contributed by atoms with Crippen LogP contribution in [-0.2, 0) is 5.75 Å². The van der Waals surface area contributed by atoms with Crippen molar-refractivity contribution in [3.05, 3.63) is 29.8 Å². The summed E-state index contributed by atoms with van der Waals surface area (Å²) in [6.45, 7) is 9.69. The number of methoxy groups -OCH3 is 1. The van der Waals surface area contributed by atoms with Crippen LogP contribution in [0.2, 0.25) is 0 Å². The summed E-state index contributed by atoms with van der Waals surface area (Å²) in [5.74, 6) is 2.78. The summed E-state index contributed by atoms with van der Waals surface area (Å²) in [7, 11) is 1.68. The van der Waals surface area contributed by atoms with Crippen LogP contribution in [0.5, 0.6) is 5.75 Å². The quantitative estimate of drug-likeness (QED) is 0.867. The number of hydrogen-bond donors (Lipinski definition) is 1. The standard InChI is InChI=1S/C17H24N2OS/c1-6-18-16-13(11-21-17(2,3)4)9-12-7-8-14(20-5)10-15(12)19-16/h7-10H,6,11H2,1-5H3,(H,18,19). The van der Waals surface area contributed by atoms with E-state index >= 15 is 0 Å². The van der Waals surface area contributed by atoms with Gasteiger partial charge in [-0.2, -0.15) is 11.8 Å². The van der Waals surface area contributed by atoms with Gasteiger partial charge in [-0.15, -0.1) is 0 Å². The molecule has 0 aliphatic heterocycles. The van der Waals surface area contributed by atoms with E-state index < -0.39 is 0 Å². The molecule has 0 aliphatic carbocycles. The molecular formula is C17H24N2OS. The van der Waals surface area contributed by atoms with Crippen LogP contribution < -0.4 is 10.1 Å². The molecule has 1 aromatic heterocycles. The molecule has 1 heterocycles. The highest BCUT2D eigenvalue weighted by Crippen LogP contribution is 2.31. The molecule has 0 unspecified atom stereocenters. The maximum atomic E-state index is 5.28. The zero-order valence-electron chi connectivity index (χ0n) is 13.5. The van der Waals surface area contributed by atoms with Crippen molar-refractivity contribution < 1.29 is 4.74 Å². The largest absolute Gasteiger partial charge is 0.497 e. The molecule has 0 amide bonds. The van der Waals surface area contributed by atoms with E-state index in [0.717, 1.165) is 34.8 Å². The highest BCUT2D eigenvalue weighted by Gasteiger charge is 2.14. The molecule has 3 nitrogen and oxygen atoms in total. The Bertz CT molecular complexity index is 620. The van der Waals surface area contributed by atoms with Gasteiger partial charge in [0.1, 0.15) is 11.6 Å². The first-order valence-corrected chi connectivity index (χ1v) is 8.27. The molecule has 0 atom stereocenters. The van der Waals surface area contributed by atoms with Crippen LogP contribution >= 0.6 is 11.8 Å². The van der Waals surface area contributed by atoms with Crippen LogP contribution in [0.4, 0.5) is 5.82 Å². The summed E-state index contributed by atoms with van der Waals surface area (Å²) in [5.41, 5.74) is 2.23. The van der Waals surface area contributed by atoms with Gasteiger partial charge in [0, 0.05) is 34.1 Å². The summed E-state index contributed by atoms with van der Waals surface area (Å²) in [4.78, 5) is 4.77. The minimum absolute atomic E-state index is 0.248. The second-order valence-electron chi connectivity index (χ2n) is 5.99. The number of anilines is 1. The van der Waals surface area contributed by atoms with Crippen LogP contribution in [0.25, 0.3) is 10.9 Å². The van der Waals surface area contributed by atoms with E-state index in [2.05, 4.69) is 45.1 Å². The maximum Gasteiger partial charge on any atom is 0.130 e. The van der Waals surface area contributed by atoms with E-state index in [1.807, 2.05) is 23.9 Å². The zero-order valence-corrected chi connectivity index (χ0v) is 14.3. The fourth-order valence-electron chi connectivity index (χ4n) is 2.04. The molecule has 0 fully saturated rings. The summed E-state index contributed by atoms with van der Waals surface area (Å²) in [6, 6.07) is 8.27. The van der Waals surface area contributed by atoms with Crippen molar-refractivity contribution in [2.75, 3.05) is 19.0 Å². The first-order chi connectivity index (χ1) is 9.93. The van der Waals surface area contributed by atoms with E-state index in [1.165, 1.54) is 5.56 Å². The predicted octanol–water partition coefficient (Wildman–Crippen LogP) is 4.71. The van der Waals surface area contributed by atoms with E-state index in [9.17, 15) is 0 Å². The van der Waals surface area contributed by atoms with E-state index in [4.69, 9.17) is 9.72 Å². The molecule has 0 saturated carbocycles. The Hall–Kier alpha value is -1.42. The van der Waals surface area contributed by atoms with Crippen molar-refractivity contribution >= 4 is 28.5 Å². The van der Waals surface area contributed by atoms with Crippen LogP contribution in [0.3, 0.4) is 0 Å². The van der Waals surface area contributed by atoms with Crippen LogP contribution in [0.1, 0.15) is 33.3 Å². The molecule has 1 N–H and O–H groups in total. The number of nitrogens with zero attached hydrogens (tertiary/aromatic N) is 1. The van der Waals surface area contributed by atoms with Gasteiger partial charge in [0.25, 0.3) is 0 Å². The Morgan fingerprint density at radius 3 is 2.62 bits per heavy atom. The number of fused-ring (bicyclic) bond motifs is 1. The van der Waals surface area contributed by atoms with E-state index in [-0.39, 0.29) is 4.75 Å². The molecule has 4 heteroatoms. The summed E-state index contributed by atoms with van der Waals surface area (Å²) < 4.78 is 5.53. The van der Waals surface area contributed by atoms with Gasteiger partial charge in [-0.1, -0.05) is 20.8 Å². The molecular weight excluding hydrogens is 280 g/mol. The third kappa shape index (κ3) is 4.27. The van der Waals surface area contributed by atoms with Gasteiger partial charge in [0.15, 0.2) is 0 Å². The van der Waals surface area contributed by atoms with Gasteiger partial charge in [-0.25, -0.2) is 4.98 Å². The van der Waals surface area contributed by atoms with E-state index in [1.54, 1.807) is 7.11 Å². The normalized spacial score (nSPS) is 11.7. The summed E-state index contributed by atoms with van der Waals surface area (Å²) in [6.07, 6.45) is 0. The Morgan fingerprint density at radius 1 is 1.24 bits per heavy atom. The minimum Gasteiger partial charge on any atom is -0.497 e. The predicted molar refractivity (Wildman–Crippen MR) is 93.5 cm³/mol. The summed E-state index contributed by atoms with van der Waals surface area (Å²) >= 11 is 1.94. The third-order valence-electron chi connectivity index (χ3n) is 3.11. The average molecular weight is 304 g/mol. The molecule has 2 aromatic rings. The Kier molecular flexibility index (Phi) is 4.99. The van der Waals surface area contributed by atoms with Crippen molar-refractivity contribution in [2.45, 2.75) is 38.2 Å². The minimum atomic E-state index is 0.248. The molecule has 21 heavy (non-hydrogen) atoms. The number of rotatable bonds is 5. The Labute approximate surface area is 131 Å². The Morgan fingerprint density at radius 2 is 2.00 bits per heavy atom. The second-order valence-corrected chi connectivity index (χ2v) is 7.79. The number of thioether (sulfide) groups is 1. The summed E-state index contributed by atoms with van der Waals surface area (Å²) in [5, 5.41) is 4.53. The average Bonchev–Trinajstić information content (AvgIpc) is 2.44. The molecule has 0 aliphatic rings. The number of benzene rings is 1. The molecule has 1 aromatic carbocycles. The number of nitrogens with one attached hydrogen (secondary N) is 1. The van der Waals surface area contributed by atoms with Crippen molar-refractivity contribution in [1.82, 2.24) is 4.98 Å². The van der Waals surface area contributed by atoms with Gasteiger partial charge in [-0.3, -0.25) is 0 Å². The van der Waals surface area contributed by atoms with Crippen molar-refractivity contribution in [1.29, 1.82) is 0 Å². The van der Waals surface area contributed by atoms with Gasteiger partial charge >= 0.3 is 0 Å². The van der Waals surface area contributed by atoms with Gasteiger partial charge < -0.3 is 10.1 Å². The SMILES string of the molecule is CCNc1nc2cc(OC)ccc2cc1CSC(C)(C)C. The lowest BCUT2D eigenvalue weighted by molar-refractivity contribution is 0.415. The van der Waals surface area contributed by atoms with Crippen molar-refractivity contribution in [3.63, 3.8) is 0 Å². The first kappa shape index (κ1) is 16.0. The lowest BCUT2D eigenvalue weighted by atomic mass is 10.1. The highest BCUT2D eigenvalue weighted by molar-refractivity contribution is 7.99. The molecule has 0 bridgehead atoms. The zero-order chi connectivity index (χ0) is 15.5. The highest BCUT2D eigenvalue weighted by atomic mass is 32.2. The lowest BCUT2D eigenvalue weighted by Crippen LogP contribution is -2.09. The van der Waals surface area contributed by atoms with Gasteiger partial charge in [0.2, 0.25) is 0 Å². The third-order valence-corrected chi connectivity index (χ3v) is 4.43. The van der Waals surface area contributed by atoms with E-state index in [0.29, 0.717) is 0 Å². The maximum absolute atomic E-state index is 5.28. The van der Waals surface area contributed by atoms with Crippen LogP contribution in [0, 0.1) is 0 Å². The van der Waals surface area contributed by atoms with Gasteiger partial charge in [-0.05, 0) is 25.1 Å². The first-order valence-electron chi connectivity index (χ1n) is 7.28. The Balaban J connectivity index is 2.40. The number of aromatic nitrogens is 1. The molecule has 0 spiro atoms. The van der Waals surface area contributed by atoms with Gasteiger partial charge in [0.05, 0.1) is 12.6 Å². The number of pyridine rings is 1. The topological polar surface area (TPSA) is 34.2 Å². The molecule has 114 valence electrons. The lowest BCUT2D eigenvalue weighted by Gasteiger charge is -2.19. The molecule has 0 radical (unpaired) electrons. The van der Waals surface area contributed by atoms with Crippen molar-refractivity contribution in [2.24, 2.45) is 0 Å². The molecule has 2 rings (SSSR count). The smallest absolute Gasteiger partial charge is 0.130 e. The fourth-order valence-corrected chi connectivity index (χ4v) is 2.85. The van der Waals surface area contributed by atoms with Crippen molar-refractivity contribution in [3.8, 4) is 5.75 Å². The van der Waals surface area contributed by atoms with Crippen LogP contribution in [0.15, 0.2) is 24.3 Å². The van der Waals surface area contributed by atoms with Crippen LogP contribution in [-0.4, -0.2) is 23.4 Å². The second kappa shape index (κ2) is 6.56. The monoisotopic (exact) mass is 304 g/mol.